The number of benzene rings is 4. The van der Waals surface area contributed by atoms with Gasteiger partial charge in [-0.05, 0) is 31.0 Å². The SMILES string of the molecule is Cc1ccc(S(=O)(=O)N2CC[C@](O)(c3ccccc3)[C@H]2C(=O)N2[C@@H]3CO[C@H](c4ccccc4)O[C@@H]3[C@H]3O[C@@H](c4ccccc4)OC[C@H]32)cc1. The molecular formula is C38H38N2O8S. The molecule has 0 saturated carbocycles. The van der Waals surface area contributed by atoms with Gasteiger partial charge >= 0.3 is 0 Å². The Kier molecular flexibility index (Phi) is 8.40. The predicted octanol–water partition coefficient (Wildman–Crippen LogP) is 4.45. The quantitative estimate of drug-likeness (QED) is 0.318. The maximum Gasteiger partial charge on any atom is 0.245 e. The van der Waals surface area contributed by atoms with Crippen LogP contribution in [-0.2, 0) is 39.4 Å². The number of rotatable bonds is 6. The van der Waals surface area contributed by atoms with Crippen molar-refractivity contribution in [3.63, 3.8) is 0 Å². The number of ether oxygens (including phenoxy) is 4. The molecule has 0 unspecified atom stereocenters. The molecule has 1 amide bonds. The highest BCUT2D eigenvalue weighted by atomic mass is 32.2. The van der Waals surface area contributed by atoms with Gasteiger partial charge in [0.05, 0.1) is 30.2 Å². The lowest BCUT2D eigenvalue weighted by molar-refractivity contribution is -0.278. The maximum atomic E-state index is 15.2. The Balaban J connectivity index is 1.19. The van der Waals surface area contributed by atoms with Crippen molar-refractivity contribution in [2.75, 3.05) is 19.8 Å². The third kappa shape index (κ3) is 5.59. The number of hydrogen-bond donors (Lipinski definition) is 1. The van der Waals surface area contributed by atoms with Crippen LogP contribution in [0.3, 0.4) is 0 Å². The lowest BCUT2D eigenvalue weighted by Crippen LogP contribution is -2.60. The number of aryl methyl sites for hydroxylation is 1. The zero-order valence-corrected chi connectivity index (χ0v) is 27.8. The van der Waals surface area contributed by atoms with E-state index in [1.807, 2.05) is 73.7 Å². The van der Waals surface area contributed by atoms with Crippen molar-refractivity contribution in [3.05, 3.63) is 138 Å². The number of aliphatic hydroxyl groups is 1. The van der Waals surface area contributed by atoms with Crippen molar-refractivity contribution >= 4 is 15.9 Å². The standard InChI is InChI=1S/C38H38N2O8S/c1-25-17-19-29(20-18-25)49(43,44)39-22-21-38(42,28-15-9-4-10-16-28)34(39)35(41)40-30-23-45-36(26-11-5-2-6-12-26)47-32(30)33-31(40)24-46-37(48-33)27-13-7-3-8-14-27/h2-20,30-34,36-37,42H,21-24H2,1H3/t30-,31-,32+,33+,34-,36+,37+,38+/m1/s1. The van der Waals surface area contributed by atoms with E-state index < -0.39 is 64.4 Å². The predicted molar refractivity (Wildman–Crippen MR) is 178 cm³/mol. The van der Waals surface area contributed by atoms with Crippen LogP contribution in [-0.4, -0.2) is 78.7 Å². The fraction of sp³-hybridized carbons (Fsp3) is 0.342. The van der Waals surface area contributed by atoms with Crippen molar-refractivity contribution in [1.29, 1.82) is 0 Å². The molecule has 4 aromatic rings. The minimum Gasteiger partial charge on any atom is -0.383 e. The Morgan fingerprint density at radius 2 is 1.22 bits per heavy atom. The average molecular weight is 683 g/mol. The molecule has 8 rings (SSSR count). The van der Waals surface area contributed by atoms with E-state index in [1.54, 1.807) is 41.3 Å². The molecule has 0 aromatic heterocycles. The highest BCUT2D eigenvalue weighted by Gasteiger charge is 2.63. The summed E-state index contributed by atoms with van der Waals surface area (Å²) < 4.78 is 55.5. The first-order chi connectivity index (χ1) is 23.8. The normalized spacial score (nSPS) is 31.6. The number of carbonyl (C=O) groups excluding carboxylic acids is 1. The number of sulfonamides is 1. The van der Waals surface area contributed by atoms with E-state index in [4.69, 9.17) is 18.9 Å². The summed E-state index contributed by atoms with van der Waals surface area (Å²) in [6, 6.07) is 31.7. The molecule has 4 aliphatic heterocycles. The zero-order chi connectivity index (χ0) is 33.8. The van der Waals surface area contributed by atoms with Gasteiger partial charge < -0.3 is 29.0 Å². The number of amides is 1. The Bertz CT molecular complexity index is 1830. The Morgan fingerprint density at radius 1 is 0.735 bits per heavy atom. The van der Waals surface area contributed by atoms with Gasteiger partial charge in [-0.2, -0.15) is 4.31 Å². The summed E-state index contributed by atoms with van der Waals surface area (Å²) in [6.45, 7) is 2.05. The van der Waals surface area contributed by atoms with Crippen LogP contribution in [0.4, 0.5) is 0 Å². The lowest BCUT2D eigenvalue weighted by Gasteiger charge is -2.41. The molecule has 4 saturated heterocycles. The summed E-state index contributed by atoms with van der Waals surface area (Å²) in [5.41, 5.74) is 1.22. The van der Waals surface area contributed by atoms with E-state index >= 15 is 4.79 Å². The lowest BCUT2D eigenvalue weighted by atomic mass is 9.85. The van der Waals surface area contributed by atoms with Gasteiger partial charge in [0, 0.05) is 17.7 Å². The summed E-state index contributed by atoms with van der Waals surface area (Å²) in [7, 11) is -4.21. The first-order valence-electron chi connectivity index (χ1n) is 16.6. The van der Waals surface area contributed by atoms with Crippen LogP contribution < -0.4 is 0 Å². The van der Waals surface area contributed by atoms with Gasteiger partial charge in [-0.3, -0.25) is 4.79 Å². The molecule has 0 radical (unpaired) electrons. The highest BCUT2D eigenvalue weighted by Crippen LogP contribution is 2.47. The second-order valence-corrected chi connectivity index (χ2v) is 15.0. The van der Waals surface area contributed by atoms with Crippen LogP contribution in [0.2, 0.25) is 0 Å². The third-order valence-electron chi connectivity index (χ3n) is 10.2. The molecule has 0 spiro atoms. The van der Waals surface area contributed by atoms with E-state index in [0.29, 0.717) is 5.56 Å². The van der Waals surface area contributed by atoms with Crippen LogP contribution in [0.25, 0.3) is 0 Å². The second-order valence-electron chi connectivity index (χ2n) is 13.1. The smallest absolute Gasteiger partial charge is 0.245 e. The van der Waals surface area contributed by atoms with E-state index in [2.05, 4.69) is 0 Å². The van der Waals surface area contributed by atoms with Crippen LogP contribution in [0.15, 0.2) is 120 Å². The Labute approximate surface area is 285 Å². The van der Waals surface area contributed by atoms with E-state index in [9.17, 15) is 13.5 Å². The number of fused-ring (bicyclic) bond motifs is 3. The second kappa shape index (κ2) is 12.7. The van der Waals surface area contributed by atoms with Crippen molar-refractivity contribution < 1.29 is 37.3 Å². The zero-order valence-electron chi connectivity index (χ0n) is 26.9. The molecule has 11 heteroatoms. The van der Waals surface area contributed by atoms with Crippen molar-refractivity contribution in [2.24, 2.45) is 0 Å². The number of carbonyl (C=O) groups is 1. The molecule has 1 N–H and O–H groups in total. The fourth-order valence-corrected chi connectivity index (χ4v) is 9.33. The number of likely N-dealkylation sites (tertiary alicyclic amines) is 1. The summed E-state index contributed by atoms with van der Waals surface area (Å²) in [4.78, 5) is 16.9. The molecular weight excluding hydrogens is 644 g/mol. The minimum absolute atomic E-state index is 0.0285. The van der Waals surface area contributed by atoms with Gasteiger partial charge in [0.25, 0.3) is 0 Å². The van der Waals surface area contributed by atoms with Crippen molar-refractivity contribution in [3.8, 4) is 0 Å². The third-order valence-corrected chi connectivity index (χ3v) is 12.1. The van der Waals surface area contributed by atoms with Gasteiger partial charge in [-0.25, -0.2) is 8.42 Å². The van der Waals surface area contributed by atoms with Crippen molar-refractivity contribution in [2.45, 2.75) is 66.8 Å². The molecule has 4 fully saturated rings. The van der Waals surface area contributed by atoms with Gasteiger partial charge in [0.15, 0.2) is 12.6 Å². The van der Waals surface area contributed by atoms with E-state index in [0.717, 1.165) is 21.0 Å². The van der Waals surface area contributed by atoms with Crippen LogP contribution >= 0.6 is 0 Å². The molecule has 10 nitrogen and oxygen atoms in total. The monoisotopic (exact) mass is 682 g/mol. The summed E-state index contributed by atoms with van der Waals surface area (Å²) in [6.07, 6.45) is -2.58. The van der Waals surface area contributed by atoms with Gasteiger partial charge in [0.1, 0.15) is 23.9 Å². The van der Waals surface area contributed by atoms with Crippen LogP contribution in [0.1, 0.15) is 41.3 Å². The first-order valence-corrected chi connectivity index (χ1v) is 18.0. The summed E-state index contributed by atoms with van der Waals surface area (Å²) >= 11 is 0. The topological polar surface area (TPSA) is 115 Å². The molecule has 4 aromatic carbocycles. The Hall–Kier alpha value is -3.94. The van der Waals surface area contributed by atoms with Gasteiger partial charge in [-0.1, -0.05) is 109 Å². The summed E-state index contributed by atoms with van der Waals surface area (Å²) in [5, 5.41) is 12.5. The minimum atomic E-state index is -4.21. The molecule has 8 atom stereocenters. The summed E-state index contributed by atoms with van der Waals surface area (Å²) in [5.74, 6) is -0.558. The number of nitrogens with zero attached hydrogens (tertiary/aromatic N) is 2. The fourth-order valence-electron chi connectivity index (χ4n) is 7.71. The molecule has 4 aliphatic rings. The highest BCUT2D eigenvalue weighted by molar-refractivity contribution is 7.89. The largest absolute Gasteiger partial charge is 0.383 e. The number of hydrogen-bond acceptors (Lipinski definition) is 8. The van der Waals surface area contributed by atoms with Gasteiger partial charge in [-0.15, -0.1) is 0 Å². The molecule has 49 heavy (non-hydrogen) atoms. The molecule has 254 valence electrons. The molecule has 0 bridgehead atoms. The molecule has 0 aliphatic carbocycles. The van der Waals surface area contributed by atoms with Gasteiger partial charge in [0.2, 0.25) is 15.9 Å². The van der Waals surface area contributed by atoms with E-state index in [-0.39, 0.29) is 31.1 Å². The Morgan fingerprint density at radius 3 is 1.73 bits per heavy atom. The maximum absolute atomic E-state index is 15.2. The molecule has 4 heterocycles. The first kappa shape index (κ1) is 32.3. The van der Waals surface area contributed by atoms with Crippen molar-refractivity contribution in [1.82, 2.24) is 9.21 Å². The van der Waals surface area contributed by atoms with E-state index in [1.165, 1.54) is 12.1 Å². The van der Waals surface area contributed by atoms with Crippen LogP contribution in [0.5, 0.6) is 0 Å². The average Bonchev–Trinajstić information content (AvgIpc) is 3.68. The van der Waals surface area contributed by atoms with Crippen LogP contribution in [0, 0.1) is 6.92 Å².